The van der Waals surface area contributed by atoms with Crippen LogP contribution in [0, 0.1) is 5.92 Å². The summed E-state index contributed by atoms with van der Waals surface area (Å²) >= 11 is 0. The summed E-state index contributed by atoms with van der Waals surface area (Å²) in [5.74, 6) is 1.27. The van der Waals surface area contributed by atoms with Gasteiger partial charge in [-0.2, -0.15) is 0 Å². The third-order valence-corrected chi connectivity index (χ3v) is 5.40. The number of aromatic nitrogens is 2. The van der Waals surface area contributed by atoms with Crippen LogP contribution in [-0.2, 0) is 11.3 Å². The fourth-order valence-corrected chi connectivity index (χ4v) is 4.14. The highest BCUT2D eigenvalue weighted by Crippen LogP contribution is 2.41. The molecule has 2 aromatic rings. The summed E-state index contributed by atoms with van der Waals surface area (Å²) in [4.78, 5) is 10.9. The topological polar surface area (TPSA) is 47.5 Å². The number of ether oxygens (including phenoxy) is 2. The zero-order valence-corrected chi connectivity index (χ0v) is 14.5. The van der Waals surface area contributed by atoms with Crippen molar-refractivity contribution in [3.63, 3.8) is 0 Å². The monoisotopic (exact) mass is 339 g/mol. The molecule has 0 amide bonds. The Labute approximate surface area is 149 Å². The zero-order chi connectivity index (χ0) is 17.0. The Kier molecular flexibility index (Phi) is 4.95. The van der Waals surface area contributed by atoms with Gasteiger partial charge in [-0.15, -0.1) is 0 Å². The molecule has 2 fully saturated rings. The van der Waals surface area contributed by atoms with Crippen molar-refractivity contribution in [1.82, 2.24) is 14.9 Å². The first-order valence-electron chi connectivity index (χ1n) is 9.12. The Morgan fingerprint density at radius 1 is 1.20 bits per heavy atom. The molecule has 3 heterocycles. The molecule has 0 bridgehead atoms. The van der Waals surface area contributed by atoms with Gasteiger partial charge in [0, 0.05) is 44.1 Å². The molecule has 2 atom stereocenters. The first kappa shape index (κ1) is 16.5. The van der Waals surface area contributed by atoms with Crippen molar-refractivity contribution >= 4 is 0 Å². The van der Waals surface area contributed by atoms with E-state index in [2.05, 4.69) is 20.9 Å². The smallest absolute Gasteiger partial charge is 0.137 e. The van der Waals surface area contributed by atoms with Crippen molar-refractivity contribution < 1.29 is 9.47 Å². The van der Waals surface area contributed by atoms with Gasteiger partial charge in [0.25, 0.3) is 0 Å². The van der Waals surface area contributed by atoms with Crippen LogP contribution in [0.15, 0.2) is 49.1 Å². The minimum atomic E-state index is -0.0668. The molecule has 0 N–H and O–H groups in total. The summed E-state index contributed by atoms with van der Waals surface area (Å²) in [5.41, 5.74) is 1.20. The molecule has 132 valence electrons. The van der Waals surface area contributed by atoms with E-state index in [9.17, 15) is 0 Å². The molecule has 0 aromatic carbocycles. The van der Waals surface area contributed by atoms with Gasteiger partial charge < -0.3 is 9.47 Å². The molecule has 5 heteroatoms. The summed E-state index contributed by atoms with van der Waals surface area (Å²) in [5, 5.41) is 0. The van der Waals surface area contributed by atoms with E-state index in [-0.39, 0.29) is 5.60 Å². The van der Waals surface area contributed by atoms with Crippen LogP contribution in [0.1, 0.15) is 24.8 Å². The fraction of sp³-hybridized carbons (Fsp3) is 0.500. The lowest BCUT2D eigenvalue weighted by Crippen LogP contribution is -2.54. The van der Waals surface area contributed by atoms with Crippen LogP contribution in [0.5, 0.6) is 5.75 Å². The molecule has 5 nitrogen and oxygen atoms in total. The maximum absolute atomic E-state index is 6.34. The Morgan fingerprint density at radius 3 is 2.88 bits per heavy atom. The highest BCUT2D eigenvalue weighted by molar-refractivity contribution is 5.16. The van der Waals surface area contributed by atoms with Gasteiger partial charge in [-0.3, -0.25) is 14.9 Å². The van der Waals surface area contributed by atoms with Gasteiger partial charge in [-0.25, -0.2) is 0 Å². The molecule has 1 aliphatic carbocycles. The molecule has 1 spiro atoms. The first-order chi connectivity index (χ1) is 12.3. The van der Waals surface area contributed by atoms with E-state index >= 15 is 0 Å². The van der Waals surface area contributed by atoms with Crippen molar-refractivity contribution in [2.45, 2.75) is 31.4 Å². The SMILES string of the molecule is c1cncc(CN2CCO[C@]3(CCC[C@H]3COc3cccnc3)C2)c1. The summed E-state index contributed by atoms with van der Waals surface area (Å²) in [7, 11) is 0. The van der Waals surface area contributed by atoms with Gasteiger partial charge in [-0.05, 0) is 43.0 Å². The minimum absolute atomic E-state index is 0.0668. The van der Waals surface area contributed by atoms with Crippen molar-refractivity contribution in [2.24, 2.45) is 5.92 Å². The summed E-state index contributed by atoms with van der Waals surface area (Å²) < 4.78 is 12.3. The molecule has 4 rings (SSSR count). The number of nitrogens with zero attached hydrogens (tertiary/aromatic N) is 3. The highest BCUT2D eigenvalue weighted by Gasteiger charge is 2.47. The highest BCUT2D eigenvalue weighted by atomic mass is 16.5. The summed E-state index contributed by atoms with van der Waals surface area (Å²) in [6, 6.07) is 8.02. The average molecular weight is 339 g/mol. The van der Waals surface area contributed by atoms with E-state index in [1.54, 1.807) is 12.4 Å². The number of pyridine rings is 2. The van der Waals surface area contributed by atoms with Crippen molar-refractivity contribution in [3.05, 3.63) is 54.6 Å². The molecule has 2 aromatic heterocycles. The summed E-state index contributed by atoms with van der Waals surface area (Å²) in [6.45, 7) is 4.39. The molecule has 1 saturated carbocycles. The van der Waals surface area contributed by atoms with Crippen LogP contribution in [-0.4, -0.2) is 46.8 Å². The third-order valence-electron chi connectivity index (χ3n) is 5.40. The van der Waals surface area contributed by atoms with E-state index in [0.717, 1.165) is 38.4 Å². The van der Waals surface area contributed by atoms with Crippen LogP contribution < -0.4 is 4.74 Å². The standard InChI is InChI=1S/C20H25N3O2/c1-5-18(15-24-19-6-3-9-22-13-19)20(7-1)16-23(10-11-25-20)14-17-4-2-8-21-12-17/h2-4,6,8-9,12-13,18H,1,5,7,10-11,14-16H2/t18-,20+/m0/s1. The number of morpholine rings is 1. The lowest BCUT2D eigenvalue weighted by atomic mass is 9.89. The lowest BCUT2D eigenvalue weighted by Gasteiger charge is -2.44. The van der Waals surface area contributed by atoms with E-state index in [1.165, 1.54) is 18.4 Å². The molecule has 1 aliphatic heterocycles. The Hall–Kier alpha value is -1.98. The van der Waals surface area contributed by atoms with Gasteiger partial charge in [-0.1, -0.05) is 6.07 Å². The molecule has 1 saturated heterocycles. The van der Waals surface area contributed by atoms with Crippen LogP contribution in [0.4, 0.5) is 0 Å². The van der Waals surface area contributed by atoms with Gasteiger partial charge in [0.2, 0.25) is 0 Å². The maximum Gasteiger partial charge on any atom is 0.137 e. The van der Waals surface area contributed by atoms with E-state index in [4.69, 9.17) is 9.47 Å². The van der Waals surface area contributed by atoms with E-state index < -0.39 is 0 Å². The normalized spacial score (nSPS) is 26.8. The van der Waals surface area contributed by atoms with Gasteiger partial charge in [0.15, 0.2) is 0 Å². The number of hydrogen-bond donors (Lipinski definition) is 0. The quantitative estimate of drug-likeness (QED) is 0.838. The van der Waals surface area contributed by atoms with Crippen LogP contribution in [0.25, 0.3) is 0 Å². The number of rotatable bonds is 5. The minimum Gasteiger partial charge on any atom is -0.492 e. The predicted molar refractivity (Wildman–Crippen MR) is 95.3 cm³/mol. The van der Waals surface area contributed by atoms with Crippen LogP contribution >= 0.6 is 0 Å². The molecule has 0 unspecified atom stereocenters. The summed E-state index contributed by atoms with van der Waals surface area (Å²) in [6.07, 6.45) is 10.8. The van der Waals surface area contributed by atoms with Crippen LogP contribution in [0.2, 0.25) is 0 Å². The van der Waals surface area contributed by atoms with Gasteiger partial charge in [0.05, 0.1) is 25.0 Å². The second-order valence-electron chi connectivity index (χ2n) is 7.07. The first-order valence-corrected chi connectivity index (χ1v) is 9.12. The van der Waals surface area contributed by atoms with E-state index in [0.29, 0.717) is 12.5 Å². The number of hydrogen-bond acceptors (Lipinski definition) is 5. The second kappa shape index (κ2) is 7.50. The molecular weight excluding hydrogens is 314 g/mol. The van der Waals surface area contributed by atoms with Crippen molar-refractivity contribution in [3.8, 4) is 5.75 Å². The maximum atomic E-state index is 6.34. The second-order valence-corrected chi connectivity index (χ2v) is 7.07. The van der Waals surface area contributed by atoms with Crippen LogP contribution in [0.3, 0.4) is 0 Å². The van der Waals surface area contributed by atoms with Gasteiger partial charge in [0.1, 0.15) is 5.75 Å². The lowest BCUT2D eigenvalue weighted by molar-refractivity contribution is -0.137. The molecule has 0 radical (unpaired) electrons. The van der Waals surface area contributed by atoms with Crippen molar-refractivity contribution in [1.29, 1.82) is 0 Å². The van der Waals surface area contributed by atoms with E-state index in [1.807, 2.05) is 30.6 Å². The average Bonchev–Trinajstić information content (AvgIpc) is 3.03. The fourth-order valence-electron chi connectivity index (χ4n) is 4.14. The largest absolute Gasteiger partial charge is 0.492 e. The zero-order valence-electron chi connectivity index (χ0n) is 14.5. The van der Waals surface area contributed by atoms with Crippen molar-refractivity contribution in [2.75, 3.05) is 26.3 Å². The third kappa shape index (κ3) is 3.83. The Morgan fingerprint density at radius 2 is 2.08 bits per heavy atom. The molecular formula is C20H25N3O2. The predicted octanol–water partition coefficient (Wildman–Crippen LogP) is 2.93. The van der Waals surface area contributed by atoms with Gasteiger partial charge >= 0.3 is 0 Å². The molecule has 2 aliphatic rings. The Balaban J connectivity index is 1.40. The Bertz CT molecular complexity index is 667. The molecule has 25 heavy (non-hydrogen) atoms.